The molecule has 1 aliphatic heterocycles. The van der Waals surface area contributed by atoms with Crippen LogP contribution in [0.3, 0.4) is 0 Å². The number of aryl methyl sites for hydroxylation is 5. The van der Waals surface area contributed by atoms with Crippen LogP contribution in [-0.2, 0) is 35.2 Å². The Bertz CT molecular complexity index is 5440. The van der Waals surface area contributed by atoms with E-state index in [1.807, 2.05) is 178 Å². The van der Waals surface area contributed by atoms with Gasteiger partial charge >= 0.3 is 17.2 Å². The molecule has 26 nitrogen and oxygen atoms in total. The third kappa shape index (κ3) is 21.0. The number of benzene rings is 8. The minimum absolute atomic E-state index is 0.0511. The minimum Gasteiger partial charge on any atom is -0.508 e. The molecule has 0 fully saturated rings. The number of para-hydroxylation sites is 2. The quantitative estimate of drug-likeness (QED) is 0.0225. The fourth-order valence-corrected chi connectivity index (χ4v) is 14.3. The number of nitrogens with one attached hydrogen (secondary N) is 4. The minimum atomic E-state index is -1.83. The van der Waals surface area contributed by atoms with Gasteiger partial charge in [0.25, 0.3) is 17.7 Å². The number of unbranched alkanes of at least 4 members (excludes halogenated alkanes) is 1. The summed E-state index contributed by atoms with van der Waals surface area (Å²) < 4.78 is 54.9. The Kier molecular flexibility index (Phi) is 29.9. The molecule has 116 heavy (non-hydrogen) atoms. The highest BCUT2D eigenvalue weighted by Gasteiger charge is 2.45. The van der Waals surface area contributed by atoms with Crippen molar-refractivity contribution in [2.24, 2.45) is 16.4 Å². The van der Waals surface area contributed by atoms with Crippen LogP contribution in [0.1, 0.15) is 132 Å². The molecular weight excluding hydrogens is 1560 g/mol. The van der Waals surface area contributed by atoms with E-state index in [0.29, 0.717) is 99.3 Å². The predicted octanol–water partition coefficient (Wildman–Crippen LogP) is 18.9. The summed E-state index contributed by atoms with van der Waals surface area (Å²) in [6, 6.07) is 50.3. The van der Waals surface area contributed by atoms with Crippen molar-refractivity contribution in [2.75, 3.05) is 35.9 Å². The van der Waals surface area contributed by atoms with E-state index in [-0.39, 0.29) is 63.3 Å². The van der Waals surface area contributed by atoms with Crippen molar-refractivity contribution >= 4 is 109 Å². The van der Waals surface area contributed by atoms with Crippen LogP contribution in [0, 0.1) is 46.0 Å². The number of anilines is 3. The van der Waals surface area contributed by atoms with E-state index in [9.17, 15) is 28.5 Å². The number of rotatable bonds is 28. The van der Waals surface area contributed by atoms with E-state index in [1.54, 1.807) is 74.5 Å². The Morgan fingerprint density at radius 2 is 1.42 bits per heavy atom. The Morgan fingerprint density at radius 3 is 2.09 bits per heavy atom. The molecule has 6 atom stereocenters. The molecule has 5 N–H and O–H groups in total. The third-order valence-corrected chi connectivity index (χ3v) is 20.7. The number of aromatic amines is 1. The van der Waals surface area contributed by atoms with Crippen molar-refractivity contribution in [3.8, 4) is 57.5 Å². The second-order valence-electron chi connectivity index (χ2n) is 27.7. The van der Waals surface area contributed by atoms with Crippen molar-refractivity contribution in [3.63, 3.8) is 0 Å². The molecule has 3 amide bonds. The molecule has 608 valence electrons. The Labute approximate surface area is 691 Å². The maximum atomic E-state index is 14.1. The molecule has 4 aromatic heterocycles. The van der Waals surface area contributed by atoms with E-state index in [4.69, 9.17) is 72.8 Å². The highest BCUT2D eigenvalue weighted by molar-refractivity contribution is 7.82. The number of nitrogens with zero attached hydrogens (tertiary/aromatic N) is 10. The highest BCUT2D eigenvalue weighted by atomic mass is 35.5. The molecule has 0 saturated carbocycles. The van der Waals surface area contributed by atoms with Gasteiger partial charge < -0.3 is 43.6 Å². The molecule has 12 aromatic rings. The molecule has 5 heterocycles. The van der Waals surface area contributed by atoms with E-state index >= 15 is 0 Å². The van der Waals surface area contributed by atoms with Gasteiger partial charge in [0.1, 0.15) is 28.5 Å². The molecule has 0 bridgehead atoms. The molecular formula is C86H95Cl3N14O12S. The predicted molar refractivity (Wildman–Crippen MR) is 454 cm³/mol. The number of carbonyl (C=O) groups excluding carboxylic acids is 4. The number of aromatic nitrogens is 9. The average Bonchev–Trinajstić information content (AvgIpc) is 1.59. The first kappa shape index (κ1) is 86.6. The lowest BCUT2D eigenvalue weighted by molar-refractivity contribution is -0.151. The number of hydrogen-bond acceptors (Lipinski definition) is 18. The largest absolute Gasteiger partial charge is 0.508 e. The maximum absolute atomic E-state index is 14.1. The fraction of sp³-hybridized carbons (Fsp3) is 0.302. The molecule has 0 saturated heterocycles. The number of hydrazone groups is 1. The number of esters is 1. The zero-order valence-corrected chi connectivity index (χ0v) is 70.1. The van der Waals surface area contributed by atoms with Crippen LogP contribution >= 0.6 is 34.8 Å². The van der Waals surface area contributed by atoms with Gasteiger partial charge in [0.2, 0.25) is 17.3 Å². The van der Waals surface area contributed by atoms with E-state index in [2.05, 4.69) is 47.9 Å². The van der Waals surface area contributed by atoms with Crippen LogP contribution in [0.4, 0.5) is 17.1 Å². The molecule has 0 spiro atoms. The number of fused-ring (bicyclic) bond motifs is 2. The van der Waals surface area contributed by atoms with Gasteiger partial charge in [-0.25, -0.2) is 9.67 Å². The summed E-state index contributed by atoms with van der Waals surface area (Å²) in [5.74, 6) is 1.49. The van der Waals surface area contributed by atoms with E-state index in [0.717, 1.165) is 56.7 Å². The summed E-state index contributed by atoms with van der Waals surface area (Å²) in [5.41, 5.74) is 9.19. The summed E-state index contributed by atoms with van der Waals surface area (Å²) in [7, 11) is 3.10. The normalized spacial score (nSPS) is 13.9. The summed E-state index contributed by atoms with van der Waals surface area (Å²) in [4.78, 5) is 58.5. The number of aromatic hydroxyl groups is 1. The van der Waals surface area contributed by atoms with Crippen LogP contribution in [0.2, 0.25) is 15.1 Å². The van der Waals surface area contributed by atoms with Crippen molar-refractivity contribution in [1.29, 1.82) is 0 Å². The van der Waals surface area contributed by atoms with Gasteiger partial charge in [0, 0.05) is 40.1 Å². The Balaban J connectivity index is 0.000000192. The number of ether oxygens (including phenoxy) is 5. The topological polar surface area (TPSA) is 307 Å². The first-order chi connectivity index (χ1) is 55.8. The van der Waals surface area contributed by atoms with Gasteiger partial charge in [-0.05, 0) is 173 Å². The molecule has 8 aromatic carbocycles. The summed E-state index contributed by atoms with van der Waals surface area (Å²) in [6.07, 6.45) is 5.92. The number of carbonyl (C=O) groups is 4. The zero-order valence-electron chi connectivity index (χ0n) is 67.0. The van der Waals surface area contributed by atoms with Crippen molar-refractivity contribution in [2.45, 2.75) is 140 Å². The zero-order chi connectivity index (χ0) is 83.5. The number of phenolic OH excluding ortho intramolecular Hbond substituents is 1. The number of H-pyrrole nitrogens is 1. The van der Waals surface area contributed by atoms with Crippen molar-refractivity contribution in [3.05, 3.63) is 231 Å². The number of halogens is 3. The lowest BCUT2D eigenvalue weighted by atomic mass is 9.75. The van der Waals surface area contributed by atoms with E-state index < -0.39 is 40.7 Å². The van der Waals surface area contributed by atoms with Gasteiger partial charge in [-0.2, -0.15) is 14.3 Å². The number of amides is 3. The lowest BCUT2D eigenvalue weighted by Gasteiger charge is -2.32. The van der Waals surface area contributed by atoms with Gasteiger partial charge in [0.15, 0.2) is 41.0 Å². The maximum Gasteiger partial charge on any atom is 0.316 e. The first-order valence-electron chi connectivity index (χ1n) is 38.0. The van der Waals surface area contributed by atoms with Crippen LogP contribution < -0.4 is 43.5 Å². The number of hydrogen-bond donors (Lipinski definition) is 5. The average molecular weight is 1660 g/mol. The van der Waals surface area contributed by atoms with Gasteiger partial charge in [0.05, 0.1) is 48.0 Å². The second-order valence-corrected chi connectivity index (χ2v) is 29.8. The molecule has 1 aliphatic rings. The summed E-state index contributed by atoms with van der Waals surface area (Å²) in [6.45, 7) is 23.7. The Hall–Kier alpha value is -11.8. The first-order valence-corrected chi connectivity index (χ1v) is 40.2. The smallest absolute Gasteiger partial charge is 0.316 e. The molecule has 6 unspecified atom stereocenters. The second kappa shape index (κ2) is 40.0. The molecule has 30 heteroatoms. The number of amidine groups is 1. The van der Waals surface area contributed by atoms with Crippen molar-refractivity contribution in [1.82, 2.24) is 49.9 Å². The van der Waals surface area contributed by atoms with Crippen LogP contribution in [0.25, 0.3) is 33.8 Å². The number of methoxy groups -OCH3 is 2. The SMILES string of the molecule is CC.CCC(Oc1ccc(C)cc1C)C(=O)Nc1ccc(C)c(O)c1.CCCCOC(=O)C(CC(C)c1ccccc1)CC(C)(CC)C(=O)NC1=NN(c2c(Cl)cc(Cl)cc2Cl)C(=O)C1n1cccn1.COc1cccc(OC)c1Oc1nn2[nH]c(-c3cccc(NS(=O)Oc4cc(C)ccc4C)c3)nc2c1-n1nnc2ccccc21. The summed E-state index contributed by atoms with van der Waals surface area (Å²) in [5, 5.41) is 42.3. The van der Waals surface area contributed by atoms with Crippen LogP contribution in [0.15, 0.2) is 187 Å². The van der Waals surface area contributed by atoms with Gasteiger partial charge in [-0.1, -0.05) is 191 Å². The highest BCUT2D eigenvalue weighted by Crippen LogP contribution is 2.44. The van der Waals surface area contributed by atoms with Crippen LogP contribution in [0.5, 0.6) is 40.4 Å². The van der Waals surface area contributed by atoms with Gasteiger partial charge in [-0.15, -0.1) is 19.9 Å². The summed E-state index contributed by atoms with van der Waals surface area (Å²) >= 11 is 17.1. The lowest BCUT2D eigenvalue weighted by Crippen LogP contribution is -2.46. The Morgan fingerprint density at radius 1 is 0.733 bits per heavy atom. The fourth-order valence-electron chi connectivity index (χ4n) is 12.6. The van der Waals surface area contributed by atoms with Crippen molar-refractivity contribution < 1.29 is 56.4 Å². The molecule has 13 rings (SSSR count). The standard InChI is InChI=1S/C33H38Cl3N5O4.C32H28N8O5S.C19H23NO3.C2H6/c1-5-7-16-45-31(43)23(17-21(3)22-12-9-8-10-13-22)20-33(4,6-2)32(44)38-29-28(40-15-11-14-37-40)30(42)41(39-29)27-25(35)18-24(34)19-26(27)36;1-19-15-16-20(2)27(17-19)45-46(41)37-22-10-7-9-21(18-22)30-33-31-28(39-24-12-6-5-11-23(24)34-38-39)32(36-40(31)35-30)44-29-25(42-3)13-8-14-26(29)43-4;1-5-17(23-18-9-6-12(2)10-14(18)4)19(22)20-15-8-7-13(3)16(21)11-15;1-2/h8-15,18-19,21,23,28H,5-7,16-17,20H2,1-4H3,(H,38,39,44);5-18,37H,1-4H3,(H,33,35);6-11,17,21H,5H2,1-4H3,(H,20,22);1-2H3. The van der Waals surface area contributed by atoms with Crippen LogP contribution in [-0.4, -0.2) is 110 Å². The molecule has 0 radical (unpaired) electrons. The van der Waals surface area contributed by atoms with Gasteiger partial charge in [-0.3, -0.25) is 33.7 Å². The third-order valence-electron chi connectivity index (χ3n) is 19.2. The van der Waals surface area contributed by atoms with E-state index in [1.165, 1.54) is 33.7 Å². The number of phenols is 1. The monoisotopic (exact) mass is 1650 g/mol. The molecule has 0 aliphatic carbocycles.